The predicted octanol–water partition coefficient (Wildman–Crippen LogP) is 1.15. The molecule has 1 fully saturated rings. The molecule has 9 heavy (non-hydrogen) atoms. The van der Waals surface area contributed by atoms with Crippen LogP contribution in [-0.2, 0) is 4.74 Å². The second kappa shape index (κ2) is 6.05. The Bertz CT molecular complexity index is 40.5. The Labute approximate surface area is 57.4 Å². The lowest BCUT2D eigenvalue weighted by Gasteiger charge is -1.81. The molecule has 0 aliphatic carbocycles. The third-order valence-corrected chi connectivity index (χ3v) is 0.827. The van der Waals surface area contributed by atoms with E-state index in [4.69, 9.17) is 10.5 Å². The molecule has 0 spiro atoms. The predicted molar refractivity (Wildman–Crippen MR) is 39.4 cm³/mol. The van der Waals surface area contributed by atoms with Gasteiger partial charge in [-0.2, -0.15) is 0 Å². The van der Waals surface area contributed by atoms with Crippen molar-refractivity contribution >= 4 is 0 Å². The lowest BCUT2D eigenvalue weighted by Crippen LogP contribution is -2.06. The maximum absolute atomic E-state index is 5.11. The molecule has 0 aromatic heterocycles. The van der Waals surface area contributed by atoms with Crippen LogP contribution in [0.3, 0.4) is 0 Å². The van der Waals surface area contributed by atoms with E-state index in [1.165, 1.54) is 12.8 Å². The van der Waals surface area contributed by atoms with Gasteiger partial charge >= 0.3 is 0 Å². The van der Waals surface area contributed by atoms with Gasteiger partial charge in [-0.25, -0.2) is 0 Å². The summed E-state index contributed by atoms with van der Waals surface area (Å²) >= 11 is 0. The molecule has 2 nitrogen and oxygen atoms in total. The van der Waals surface area contributed by atoms with Gasteiger partial charge in [0.25, 0.3) is 0 Å². The highest BCUT2D eigenvalue weighted by Gasteiger charge is 1.94. The summed E-state index contributed by atoms with van der Waals surface area (Å²) < 4.78 is 4.94. The van der Waals surface area contributed by atoms with Gasteiger partial charge in [-0.3, -0.25) is 0 Å². The Morgan fingerprint density at radius 3 is 1.67 bits per heavy atom. The topological polar surface area (TPSA) is 35.2 Å². The van der Waals surface area contributed by atoms with Gasteiger partial charge in [0, 0.05) is 13.2 Å². The maximum Gasteiger partial charge on any atom is 0.0466 e. The summed E-state index contributed by atoms with van der Waals surface area (Å²) in [6.45, 7) is 5.89. The summed E-state index contributed by atoms with van der Waals surface area (Å²) in [6.07, 6.45) is 2.56. The van der Waals surface area contributed by atoms with Crippen molar-refractivity contribution in [1.82, 2.24) is 0 Å². The number of ether oxygens (including phenoxy) is 1. The Morgan fingerprint density at radius 2 is 1.56 bits per heavy atom. The van der Waals surface area contributed by atoms with Crippen molar-refractivity contribution in [3.63, 3.8) is 0 Å². The van der Waals surface area contributed by atoms with Crippen molar-refractivity contribution in [2.75, 3.05) is 13.2 Å². The van der Waals surface area contributed by atoms with Crippen molar-refractivity contribution in [2.45, 2.75) is 32.7 Å². The van der Waals surface area contributed by atoms with E-state index in [2.05, 4.69) is 0 Å². The second-order valence-corrected chi connectivity index (χ2v) is 2.56. The van der Waals surface area contributed by atoms with Gasteiger partial charge in [0.05, 0.1) is 0 Å². The van der Waals surface area contributed by atoms with Crippen LogP contribution in [-0.4, -0.2) is 19.3 Å². The molecular formula is C7H17NO. The molecule has 2 heteroatoms. The quantitative estimate of drug-likeness (QED) is 0.535. The lowest BCUT2D eigenvalue weighted by atomic mass is 10.4. The van der Waals surface area contributed by atoms with Gasteiger partial charge < -0.3 is 10.5 Å². The average Bonchev–Trinajstić information content (AvgIpc) is 2.11. The third kappa shape index (κ3) is 11.5. The van der Waals surface area contributed by atoms with E-state index < -0.39 is 0 Å². The SMILES string of the molecule is C1CCOC1.CC(C)N. The molecule has 0 saturated carbocycles. The van der Waals surface area contributed by atoms with Crippen molar-refractivity contribution in [1.29, 1.82) is 0 Å². The zero-order valence-corrected chi connectivity index (χ0v) is 6.39. The summed E-state index contributed by atoms with van der Waals surface area (Å²) in [4.78, 5) is 0. The first-order valence-corrected chi connectivity index (χ1v) is 3.57. The number of hydrogen-bond donors (Lipinski definition) is 1. The van der Waals surface area contributed by atoms with E-state index in [9.17, 15) is 0 Å². The fraction of sp³-hybridized carbons (Fsp3) is 1.00. The van der Waals surface area contributed by atoms with E-state index in [0.717, 1.165) is 13.2 Å². The van der Waals surface area contributed by atoms with Gasteiger partial charge in [0.2, 0.25) is 0 Å². The Kier molecular flexibility index (Phi) is 5.99. The largest absolute Gasteiger partial charge is 0.381 e. The molecule has 0 radical (unpaired) electrons. The fourth-order valence-electron chi connectivity index (χ4n) is 0.510. The zero-order valence-electron chi connectivity index (χ0n) is 6.39. The molecule has 1 rings (SSSR count). The minimum atomic E-state index is 0.333. The minimum Gasteiger partial charge on any atom is -0.381 e. The molecule has 56 valence electrons. The van der Waals surface area contributed by atoms with Crippen LogP contribution in [0.4, 0.5) is 0 Å². The molecule has 1 aliphatic rings. The highest BCUT2D eigenvalue weighted by atomic mass is 16.5. The molecule has 0 aromatic carbocycles. The van der Waals surface area contributed by atoms with E-state index in [1.54, 1.807) is 0 Å². The fourth-order valence-corrected chi connectivity index (χ4v) is 0.510. The van der Waals surface area contributed by atoms with Crippen LogP contribution in [0.15, 0.2) is 0 Å². The molecule has 1 saturated heterocycles. The third-order valence-electron chi connectivity index (χ3n) is 0.827. The van der Waals surface area contributed by atoms with Crippen LogP contribution in [0.5, 0.6) is 0 Å². The van der Waals surface area contributed by atoms with Crippen LogP contribution < -0.4 is 5.73 Å². The standard InChI is InChI=1S/C4H8O.C3H9N/c1-2-4-5-3-1;1-3(2)4/h1-4H2;3H,4H2,1-2H3. The van der Waals surface area contributed by atoms with Gasteiger partial charge in [-0.05, 0) is 18.9 Å². The molecule has 0 amide bonds. The Hall–Kier alpha value is -0.0800. The van der Waals surface area contributed by atoms with Gasteiger partial charge in [0.1, 0.15) is 0 Å². The van der Waals surface area contributed by atoms with E-state index in [0.29, 0.717) is 6.04 Å². The molecule has 1 heterocycles. The van der Waals surface area contributed by atoms with Crippen molar-refractivity contribution in [3.8, 4) is 0 Å². The molecule has 2 N–H and O–H groups in total. The van der Waals surface area contributed by atoms with Gasteiger partial charge in [-0.1, -0.05) is 13.8 Å². The number of rotatable bonds is 0. The summed E-state index contributed by atoms with van der Waals surface area (Å²) in [5.74, 6) is 0. The van der Waals surface area contributed by atoms with Crippen molar-refractivity contribution < 1.29 is 4.74 Å². The summed E-state index contributed by atoms with van der Waals surface area (Å²) in [6, 6.07) is 0.333. The van der Waals surface area contributed by atoms with Gasteiger partial charge in [-0.15, -0.1) is 0 Å². The molecule has 0 unspecified atom stereocenters. The zero-order chi connectivity index (χ0) is 7.11. The average molecular weight is 131 g/mol. The molecule has 0 atom stereocenters. The second-order valence-electron chi connectivity index (χ2n) is 2.56. The highest BCUT2D eigenvalue weighted by molar-refractivity contribution is 4.43. The lowest BCUT2D eigenvalue weighted by molar-refractivity contribution is 0.198. The maximum atomic E-state index is 5.11. The number of hydrogen-bond acceptors (Lipinski definition) is 2. The summed E-state index contributed by atoms with van der Waals surface area (Å²) in [7, 11) is 0. The van der Waals surface area contributed by atoms with E-state index in [1.807, 2.05) is 13.8 Å². The van der Waals surface area contributed by atoms with Crippen molar-refractivity contribution in [3.05, 3.63) is 0 Å². The molecule has 1 aliphatic heterocycles. The van der Waals surface area contributed by atoms with Crippen molar-refractivity contribution in [2.24, 2.45) is 5.73 Å². The summed E-state index contributed by atoms with van der Waals surface area (Å²) in [5.41, 5.74) is 5.11. The Balaban J connectivity index is 0.000000148. The molecule has 0 bridgehead atoms. The first kappa shape index (κ1) is 8.92. The molecular weight excluding hydrogens is 114 g/mol. The van der Waals surface area contributed by atoms with Crippen LogP contribution in [0.2, 0.25) is 0 Å². The van der Waals surface area contributed by atoms with Gasteiger partial charge in [0.15, 0.2) is 0 Å². The van der Waals surface area contributed by atoms with Crippen LogP contribution in [0, 0.1) is 0 Å². The Morgan fingerprint density at radius 1 is 1.22 bits per heavy atom. The summed E-state index contributed by atoms with van der Waals surface area (Å²) in [5, 5.41) is 0. The smallest absolute Gasteiger partial charge is 0.0466 e. The van der Waals surface area contributed by atoms with Crippen LogP contribution in [0.1, 0.15) is 26.7 Å². The first-order valence-electron chi connectivity index (χ1n) is 3.57. The van der Waals surface area contributed by atoms with Crippen LogP contribution in [0.25, 0.3) is 0 Å². The monoisotopic (exact) mass is 131 g/mol. The highest BCUT2D eigenvalue weighted by Crippen LogP contribution is 1.98. The van der Waals surface area contributed by atoms with E-state index in [-0.39, 0.29) is 0 Å². The molecule has 0 aromatic rings. The first-order chi connectivity index (χ1) is 4.23. The number of nitrogens with two attached hydrogens (primary N) is 1. The van der Waals surface area contributed by atoms with E-state index >= 15 is 0 Å². The van der Waals surface area contributed by atoms with Crippen LogP contribution >= 0.6 is 0 Å². The minimum absolute atomic E-state index is 0.333. The normalized spacial score (nSPS) is 17.3.